The first-order valence-electron chi connectivity index (χ1n) is 6.28. The molecule has 0 bridgehead atoms. The summed E-state index contributed by atoms with van der Waals surface area (Å²) in [6.45, 7) is 13.3. The molecular formula is C13H30N2. The van der Waals surface area contributed by atoms with Gasteiger partial charge in [-0.25, -0.2) is 0 Å². The van der Waals surface area contributed by atoms with Gasteiger partial charge in [-0.15, -0.1) is 0 Å². The van der Waals surface area contributed by atoms with Crippen LogP contribution in [0.4, 0.5) is 0 Å². The lowest BCUT2D eigenvalue weighted by molar-refractivity contribution is 0.171. The molecule has 0 saturated carbocycles. The third-order valence-electron chi connectivity index (χ3n) is 3.34. The maximum absolute atomic E-state index is 5.82. The fraction of sp³-hybridized carbons (Fsp3) is 1.00. The van der Waals surface area contributed by atoms with Crippen LogP contribution in [0.2, 0.25) is 0 Å². The molecule has 0 aliphatic rings. The van der Waals surface area contributed by atoms with Crippen molar-refractivity contribution in [3.63, 3.8) is 0 Å². The quantitative estimate of drug-likeness (QED) is 0.706. The normalized spacial score (nSPS) is 16.4. The van der Waals surface area contributed by atoms with Crippen LogP contribution in [0.25, 0.3) is 0 Å². The molecule has 0 aromatic carbocycles. The molecule has 0 aliphatic carbocycles. The molecule has 15 heavy (non-hydrogen) atoms. The second-order valence-corrected chi connectivity index (χ2v) is 5.66. The van der Waals surface area contributed by atoms with E-state index in [0.29, 0.717) is 17.9 Å². The summed E-state index contributed by atoms with van der Waals surface area (Å²) in [5, 5.41) is 0. The maximum atomic E-state index is 5.82. The van der Waals surface area contributed by atoms with Gasteiger partial charge in [-0.3, -0.25) is 0 Å². The summed E-state index contributed by atoms with van der Waals surface area (Å²) in [6.07, 6.45) is 1.24. The van der Waals surface area contributed by atoms with Crippen molar-refractivity contribution in [2.45, 2.75) is 47.1 Å². The third-order valence-corrected chi connectivity index (χ3v) is 3.34. The Bertz CT molecular complexity index is 155. The van der Waals surface area contributed by atoms with E-state index in [-0.39, 0.29) is 0 Å². The molecule has 2 heteroatoms. The first-order valence-corrected chi connectivity index (χ1v) is 6.28. The zero-order chi connectivity index (χ0) is 12.0. The highest BCUT2D eigenvalue weighted by Crippen LogP contribution is 2.15. The Balaban J connectivity index is 4.05. The van der Waals surface area contributed by atoms with E-state index in [2.05, 4.69) is 46.6 Å². The van der Waals surface area contributed by atoms with Crippen molar-refractivity contribution in [2.24, 2.45) is 23.5 Å². The van der Waals surface area contributed by atoms with Crippen LogP contribution in [0, 0.1) is 17.8 Å². The van der Waals surface area contributed by atoms with Crippen molar-refractivity contribution < 1.29 is 0 Å². The van der Waals surface area contributed by atoms with Crippen LogP contribution in [-0.4, -0.2) is 31.1 Å². The Kier molecular flexibility index (Phi) is 7.20. The van der Waals surface area contributed by atoms with Gasteiger partial charge in [0, 0.05) is 12.6 Å². The van der Waals surface area contributed by atoms with Crippen molar-refractivity contribution >= 4 is 0 Å². The average molecular weight is 214 g/mol. The molecule has 92 valence electrons. The van der Waals surface area contributed by atoms with E-state index in [9.17, 15) is 0 Å². The van der Waals surface area contributed by atoms with E-state index in [1.165, 1.54) is 6.42 Å². The van der Waals surface area contributed by atoms with Gasteiger partial charge in [0.1, 0.15) is 0 Å². The molecule has 0 saturated heterocycles. The third kappa shape index (κ3) is 6.16. The van der Waals surface area contributed by atoms with Gasteiger partial charge < -0.3 is 10.6 Å². The minimum absolute atomic E-state index is 0.645. The van der Waals surface area contributed by atoms with Crippen LogP contribution in [0.3, 0.4) is 0 Å². The lowest BCUT2D eigenvalue weighted by atomic mass is 9.95. The Hall–Kier alpha value is -0.0800. The summed E-state index contributed by atoms with van der Waals surface area (Å²) < 4.78 is 0. The van der Waals surface area contributed by atoms with E-state index < -0.39 is 0 Å². The molecular weight excluding hydrogens is 184 g/mol. The Morgan fingerprint density at radius 1 is 1.07 bits per heavy atom. The van der Waals surface area contributed by atoms with Crippen LogP contribution in [-0.2, 0) is 0 Å². The fourth-order valence-electron chi connectivity index (χ4n) is 1.99. The average Bonchev–Trinajstić information content (AvgIpc) is 2.14. The summed E-state index contributed by atoms with van der Waals surface area (Å²) in [5.41, 5.74) is 5.82. The van der Waals surface area contributed by atoms with E-state index in [1.54, 1.807) is 0 Å². The van der Waals surface area contributed by atoms with Gasteiger partial charge in [0.25, 0.3) is 0 Å². The maximum Gasteiger partial charge on any atom is 0.00870 e. The summed E-state index contributed by atoms with van der Waals surface area (Å²) in [6, 6.07) is 0.645. The van der Waals surface area contributed by atoms with Crippen LogP contribution < -0.4 is 5.73 Å². The molecule has 0 heterocycles. The minimum Gasteiger partial charge on any atom is -0.330 e. The zero-order valence-corrected chi connectivity index (χ0v) is 11.5. The van der Waals surface area contributed by atoms with E-state index in [1.807, 2.05) is 0 Å². The number of hydrogen-bond acceptors (Lipinski definition) is 2. The van der Waals surface area contributed by atoms with Gasteiger partial charge in [-0.2, -0.15) is 0 Å². The van der Waals surface area contributed by atoms with Crippen LogP contribution in [0.5, 0.6) is 0 Å². The molecule has 0 radical (unpaired) electrons. The van der Waals surface area contributed by atoms with Gasteiger partial charge in [-0.1, -0.05) is 27.7 Å². The molecule has 0 fully saturated rings. The summed E-state index contributed by atoms with van der Waals surface area (Å²) in [4.78, 5) is 2.45. The zero-order valence-electron chi connectivity index (χ0n) is 11.5. The van der Waals surface area contributed by atoms with Gasteiger partial charge in [0.15, 0.2) is 0 Å². The van der Waals surface area contributed by atoms with Crippen molar-refractivity contribution in [3.05, 3.63) is 0 Å². The van der Waals surface area contributed by atoms with E-state index >= 15 is 0 Å². The number of nitrogens with two attached hydrogens (primary N) is 1. The second-order valence-electron chi connectivity index (χ2n) is 5.66. The van der Waals surface area contributed by atoms with Crippen LogP contribution in [0.1, 0.15) is 41.0 Å². The highest BCUT2D eigenvalue weighted by atomic mass is 15.1. The highest BCUT2D eigenvalue weighted by molar-refractivity contribution is 4.72. The lowest BCUT2D eigenvalue weighted by Gasteiger charge is -2.31. The molecule has 0 amide bonds. The van der Waals surface area contributed by atoms with Crippen molar-refractivity contribution in [2.75, 3.05) is 20.1 Å². The smallest absolute Gasteiger partial charge is 0.00870 e. The predicted octanol–water partition coefficient (Wildman–Crippen LogP) is 2.58. The van der Waals surface area contributed by atoms with Crippen LogP contribution >= 0.6 is 0 Å². The van der Waals surface area contributed by atoms with E-state index in [0.717, 1.165) is 19.0 Å². The molecule has 2 nitrogen and oxygen atoms in total. The highest BCUT2D eigenvalue weighted by Gasteiger charge is 2.17. The van der Waals surface area contributed by atoms with E-state index in [4.69, 9.17) is 5.73 Å². The van der Waals surface area contributed by atoms with Crippen molar-refractivity contribution in [1.29, 1.82) is 0 Å². The SMILES string of the molecule is CC(C)CC(CN)CN(C)C(C)C(C)C. The number of hydrogen-bond donors (Lipinski definition) is 1. The standard InChI is InChI=1S/C13H30N2/c1-10(2)7-13(8-14)9-15(6)12(5)11(3)4/h10-13H,7-9,14H2,1-6H3. The number of rotatable bonds is 7. The Morgan fingerprint density at radius 2 is 1.60 bits per heavy atom. The molecule has 0 aliphatic heterocycles. The lowest BCUT2D eigenvalue weighted by Crippen LogP contribution is -2.39. The molecule has 0 aromatic rings. The summed E-state index contributed by atoms with van der Waals surface area (Å²) in [7, 11) is 2.22. The van der Waals surface area contributed by atoms with Crippen molar-refractivity contribution in [1.82, 2.24) is 4.90 Å². The molecule has 0 rings (SSSR count). The molecule has 2 N–H and O–H groups in total. The van der Waals surface area contributed by atoms with Gasteiger partial charge >= 0.3 is 0 Å². The van der Waals surface area contributed by atoms with Gasteiger partial charge in [0.2, 0.25) is 0 Å². The monoisotopic (exact) mass is 214 g/mol. The minimum atomic E-state index is 0.645. The van der Waals surface area contributed by atoms with Crippen molar-refractivity contribution in [3.8, 4) is 0 Å². The molecule has 2 unspecified atom stereocenters. The molecule has 2 atom stereocenters. The summed E-state index contributed by atoms with van der Waals surface area (Å²) >= 11 is 0. The van der Waals surface area contributed by atoms with Crippen LogP contribution in [0.15, 0.2) is 0 Å². The Morgan fingerprint density at radius 3 is 1.93 bits per heavy atom. The first kappa shape index (κ1) is 14.9. The summed E-state index contributed by atoms with van der Waals surface area (Å²) in [5.74, 6) is 2.12. The first-order chi connectivity index (χ1) is 6.88. The molecule has 0 aromatic heterocycles. The predicted molar refractivity (Wildman–Crippen MR) is 68.9 cm³/mol. The molecule has 0 spiro atoms. The second kappa shape index (κ2) is 7.24. The topological polar surface area (TPSA) is 29.3 Å². The number of nitrogens with zero attached hydrogens (tertiary/aromatic N) is 1. The van der Waals surface area contributed by atoms with Gasteiger partial charge in [-0.05, 0) is 44.7 Å². The van der Waals surface area contributed by atoms with Gasteiger partial charge in [0.05, 0.1) is 0 Å². The Labute approximate surface area is 96.2 Å². The largest absolute Gasteiger partial charge is 0.330 e. The fourth-order valence-corrected chi connectivity index (χ4v) is 1.99.